The molecule has 5 nitrogen and oxygen atoms in total. The van der Waals surface area contributed by atoms with Crippen molar-refractivity contribution in [2.24, 2.45) is 0 Å². The van der Waals surface area contributed by atoms with E-state index in [2.05, 4.69) is 43.6 Å². The summed E-state index contributed by atoms with van der Waals surface area (Å²) in [5, 5.41) is 5.48. The van der Waals surface area contributed by atoms with Crippen LogP contribution in [-0.4, -0.2) is 35.8 Å². The maximum absolute atomic E-state index is 12.1. The van der Waals surface area contributed by atoms with Gasteiger partial charge in [-0.25, -0.2) is 0 Å². The molecule has 2 amide bonds. The van der Waals surface area contributed by atoms with E-state index in [9.17, 15) is 9.59 Å². The lowest BCUT2D eigenvalue weighted by Crippen LogP contribution is -2.47. The van der Waals surface area contributed by atoms with Gasteiger partial charge in [0.1, 0.15) is 0 Å². The number of hydrogen-bond acceptors (Lipinski definition) is 3. The SMILES string of the molecule is O=C(Nc1ccccc1Br)C(=O)NC1CCN(Cc2ccccc2)CC1. The van der Waals surface area contributed by atoms with Gasteiger partial charge in [-0.3, -0.25) is 14.5 Å². The molecule has 0 unspecified atom stereocenters. The first-order valence-electron chi connectivity index (χ1n) is 8.74. The monoisotopic (exact) mass is 415 g/mol. The van der Waals surface area contributed by atoms with E-state index in [1.54, 1.807) is 12.1 Å². The number of nitrogens with one attached hydrogen (secondary N) is 2. The molecule has 0 aliphatic carbocycles. The van der Waals surface area contributed by atoms with Gasteiger partial charge in [0.2, 0.25) is 0 Å². The van der Waals surface area contributed by atoms with Crippen LogP contribution in [0.25, 0.3) is 0 Å². The van der Waals surface area contributed by atoms with Crippen molar-refractivity contribution in [3.8, 4) is 0 Å². The molecule has 136 valence electrons. The Hall–Kier alpha value is -2.18. The molecular weight excluding hydrogens is 394 g/mol. The van der Waals surface area contributed by atoms with Crippen molar-refractivity contribution >= 4 is 33.4 Å². The van der Waals surface area contributed by atoms with Crippen LogP contribution in [0, 0.1) is 0 Å². The third-order valence-electron chi connectivity index (χ3n) is 4.50. The summed E-state index contributed by atoms with van der Waals surface area (Å²) in [4.78, 5) is 26.6. The second kappa shape index (κ2) is 8.96. The van der Waals surface area contributed by atoms with Crippen LogP contribution in [0.15, 0.2) is 59.1 Å². The smallest absolute Gasteiger partial charge is 0.313 e. The Balaban J connectivity index is 1.44. The van der Waals surface area contributed by atoms with Gasteiger partial charge in [0, 0.05) is 30.1 Å². The number of rotatable bonds is 4. The number of benzene rings is 2. The van der Waals surface area contributed by atoms with Crippen molar-refractivity contribution in [3.63, 3.8) is 0 Å². The van der Waals surface area contributed by atoms with Crippen LogP contribution < -0.4 is 10.6 Å². The van der Waals surface area contributed by atoms with E-state index < -0.39 is 11.8 Å². The first-order chi connectivity index (χ1) is 12.6. The topological polar surface area (TPSA) is 61.4 Å². The fourth-order valence-electron chi connectivity index (χ4n) is 3.07. The van der Waals surface area contributed by atoms with Crippen LogP contribution in [-0.2, 0) is 16.1 Å². The summed E-state index contributed by atoms with van der Waals surface area (Å²) in [7, 11) is 0. The van der Waals surface area contributed by atoms with E-state index in [1.807, 2.05) is 30.3 Å². The molecule has 1 aliphatic heterocycles. The molecule has 2 aromatic carbocycles. The number of amides is 2. The van der Waals surface area contributed by atoms with Gasteiger partial charge < -0.3 is 10.6 Å². The molecule has 2 N–H and O–H groups in total. The molecule has 0 spiro atoms. The maximum Gasteiger partial charge on any atom is 0.313 e. The van der Waals surface area contributed by atoms with E-state index in [0.717, 1.165) is 36.9 Å². The molecule has 3 rings (SSSR count). The minimum atomic E-state index is -0.636. The first kappa shape index (κ1) is 18.6. The summed E-state index contributed by atoms with van der Waals surface area (Å²) in [5.41, 5.74) is 1.88. The minimum Gasteiger partial charge on any atom is -0.345 e. The van der Waals surface area contributed by atoms with Crippen LogP contribution in [0.1, 0.15) is 18.4 Å². The summed E-state index contributed by atoms with van der Waals surface area (Å²) in [5.74, 6) is -1.22. The molecule has 26 heavy (non-hydrogen) atoms. The van der Waals surface area contributed by atoms with Crippen LogP contribution in [0.4, 0.5) is 5.69 Å². The van der Waals surface area contributed by atoms with Crippen molar-refractivity contribution in [2.45, 2.75) is 25.4 Å². The quantitative estimate of drug-likeness (QED) is 0.753. The number of piperidine rings is 1. The highest BCUT2D eigenvalue weighted by Gasteiger charge is 2.23. The molecule has 0 radical (unpaired) electrons. The number of anilines is 1. The molecule has 1 fully saturated rings. The summed E-state index contributed by atoms with van der Waals surface area (Å²) in [6, 6.07) is 17.6. The van der Waals surface area contributed by atoms with Gasteiger partial charge in [0.15, 0.2) is 0 Å². The number of carbonyl (C=O) groups is 2. The molecule has 0 bridgehead atoms. The molecule has 0 atom stereocenters. The molecule has 1 aliphatic rings. The number of para-hydroxylation sites is 1. The van der Waals surface area contributed by atoms with Crippen LogP contribution >= 0.6 is 15.9 Å². The minimum absolute atomic E-state index is 0.0412. The van der Waals surface area contributed by atoms with Gasteiger partial charge in [-0.05, 0) is 46.5 Å². The highest BCUT2D eigenvalue weighted by molar-refractivity contribution is 9.10. The van der Waals surface area contributed by atoms with E-state index >= 15 is 0 Å². The standard InChI is InChI=1S/C20H22BrN3O2/c21-17-8-4-5-9-18(17)23-20(26)19(25)22-16-10-12-24(13-11-16)14-15-6-2-1-3-7-15/h1-9,16H,10-14H2,(H,22,25)(H,23,26). The average molecular weight is 416 g/mol. The summed E-state index contributed by atoms with van der Waals surface area (Å²) < 4.78 is 0.746. The zero-order valence-corrected chi connectivity index (χ0v) is 16.0. The summed E-state index contributed by atoms with van der Waals surface area (Å²) >= 11 is 3.35. The van der Waals surface area contributed by atoms with Gasteiger partial charge >= 0.3 is 11.8 Å². The molecule has 6 heteroatoms. The van der Waals surface area contributed by atoms with Gasteiger partial charge in [-0.2, -0.15) is 0 Å². The molecule has 0 saturated carbocycles. The molecule has 0 aromatic heterocycles. The normalized spacial score (nSPS) is 15.4. The Morgan fingerprint density at radius 3 is 2.31 bits per heavy atom. The molecule has 1 heterocycles. The van der Waals surface area contributed by atoms with Crippen molar-refractivity contribution in [1.82, 2.24) is 10.2 Å². The zero-order valence-electron chi connectivity index (χ0n) is 14.5. The molecule has 2 aromatic rings. The predicted molar refractivity (Wildman–Crippen MR) is 106 cm³/mol. The fourth-order valence-corrected chi connectivity index (χ4v) is 3.45. The summed E-state index contributed by atoms with van der Waals surface area (Å²) in [6.07, 6.45) is 1.70. The van der Waals surface area contributed by atoms with Crippen molar-refractivity contribution in [1.29, 1.82) is 0 Å². The van der Waals surface area contributed by atoms with Crippen molar-refractivity contribution in [2.75, 3.05) is 18.4 Å². The maximum atomic E-state index is 12.1. The number of carbonyl (C=O) groups excluding carboxylic acids is 2. The van der Waals surface area contributed by atoms with Crippen molar-refractivity contribution in [3.05, 3.63) is 64.6 Å². The van der Waals surface area contributed by atoms with Crippen LogP contribution in [0.2, 0.25) is 0 Å². The Morgan fingerprint density at radius 2 is 1.62 bits per heavy atom. The van der Waals surface area contributed by atoms with Gasteiger partial charge in [0.05, 0.1) is 5.69 Å². The number of nitrogens with zero attached hydrogens (tertiary/aromatic N) is 1. The zero-order chi connectivity index (χ0) is 18.4. The predicted octanol–water partition coefficient (Wildman–Crippen LogP) is 3.17. The Bertz CT molecular complexity index is 759. The van der Waals surface area contributed by atoms with Gasteiger partial charge in [-0.15, -0.1) is 0 Å². The number of hydrogen-bond donors (Lipinski definition) is 2. The van der Waals surface area contributed by atoms with E-state index in [1.165, 1.54) is 5.56 Å². The first-order valence-corrected chi connectivity index (χ1v) is 9.54. The third-order valence-corrected chi connectivity index (χ3v) is 5.19. The van der Waals surface area contributed by atoms with Gasteiger partial charge in [-0.1, -0.05) is 42.5 Å². The Kier molecular flexibility index (Phi) is 6.41. The molecular formula is C20H22BrN3O2. The average Bonchev–Trinajstić information content (AvgIpc) is 2.66. The Morgan fingerprint density at radius 1 is 0.962 bits per heavy atom. The highest BCUT2D eigenvalue weighted by Crippen LogP contribution is 2.21. The lowest BCUT2D eigenvalue weighted by molar-refractivity contribution is -0.136. The van der Waals surface area contributed by atoms with Crippen molar-refractivity contribution < 1.29 is 9.59 Å². The highest BCUT2D eigenvalue weighted by atomic mass is 79.9. The molecule has 1 saturated heterocycles. The third kappa shape index (κ3) is 5.16. The lowest BCUT2D eigenvalue weighted by Gasteiger charge is -2.32. The number of likely N-dealkylation sites (tertiary alicyclic amines) is 1. The van der Waals surface area contributed by atoms with Gasteiger partial charge in [0.25, 0.3) is 0 Å². The second-order valence-electron chi connectivity index (χ2n) is 6.44. The van der Waals surface area contributed by atoms with E-state index in [4.69, 9.17) is 0 Å². The number of halogens is 1. The Labute approximate surface area is 161 Å². The fraction of sp³-hybridized carbons (Fsp3) is 0.300. The largest absolute Gasteiger partial charge is 0.345 e. The van der Waals surface area contributed by atoms with Crippen LogP contribution in [0.3, 0.4) is 0 Å². The van der Waals surface area contributed by atoms with Crippen LogP contribution in [0.5, 0.6) is 0 Å². The second-order valence-corrected chi connectivity index (χ2v) is 7.30. The van der Waals surface area contributed by atoms with E-state index in [-0.39, 0.29) is 6.04 Å². The van der Waals surface area contributed by atoms with E-state index in [0.29, 0.717) is 5.69 Å². The summed E-state index contributed by atoms with van der Waals surface area (Å²) in [6.45, 7) is 2.74. The lowest BCUT2D eigenvalue weighted by atomic mass is 10.0.